The summed E-state index contributed by atoms with van der Waals surface area (Å²) in [6, 6.07) is 6.78. The van der Waals surface area contributed by atoms with Gasteiger partial charge >= 0.3 is 12.7 Å². The Kier molecular flexibility index (Phi) is 11.9. The van der Waals surface area contributed by atoms with Crippen LogP contribution < -0.4 is 9.47 Å². The minimum atomic E-state index is -3.68. The molecule has 5 rings (SSSR count). The van der Waals surface area contributed by atoms with Gasteiger partial charge in [0.2, 0.25) is 0 Å². The third-order valence-electron chi connectivity index (χ3n) is 11.1. The number of rotatable bonds is 12. The van der Waals surface area contributed by atoms with Gasteiger partial charge in [-0.2, -0.15) is 17.6 Å². The van der Waals surface area contributed by atoms with E-state index in [1.807, 2.05) is 6.07 Å². The predicted molar refractivity (Wildman–Crippen MR) is 164 cm³/mol. The maximum Gasteiger partial charge on any atom is 0.400 e. The van der Waals surface area contributed by atoms with Crippen LogP contribution in [-0.4, -0.2) is 12.7 Å². The van der Waals surface area contributed by atoms with Crippen molar-refractivity contribution in [2.75, 3.05) is 0 Å². The van der Waals surface area contributed by atoms with E-state index >= 15 is 4.39 Å². The monoisotopic (exact) mass is 656 g/mol. The van der Waals surface area contributed by atoms with Gasteiger partial charge in [0.1, 0.15) is 11.6 Å². The number of unbranched alkanes of at least 4 members (excludes halogenated alkanes) is 2. The quantitative estimate of drug-likeness (QED) is 0.167. The van der Waals surface area contributed by atoms with Gasteiger partial charge in [-0.1, -0.05) is 44.7 Å². The Morgan fingerprint density at radius 1 is 0.717 bits per heavy atom. The van der Waals surface area contributed by atoms with Crippen LogP contribution >= 0.6 is 0 Å². The molecule has 3 fully saturated rings. The van der Waals surface area contributed by atoms with Crippen LogP contribution in [0.3, 0.4) is 0 Å². The normalized spacial score (nSPS) is 27.5. The highest BCUT2D eigenvalue weighted by Gasteiger charge is 2.45. The second-order valence-corrected chi connectivity index (χ2v) is 14.0. The van der Waals surface area contributed by atoms with Gasteiger partial charge in [-0.25, -0.2) is 13.2 Å². The van der Waals surface area contributed by atoms with Gasteiger partial charge in [-0.15, -0.1) is 0 Å². The summed E-state index contributed by atoms with van der Waals surface area (Å²) in [6.45, 7) is -1.23. The van der Waals surface area contributed by atoms with Crippen LogP contribution in [0.5, 0.6) is 11.5 Å². The molecule has 46 heavy (non-hydrogen) atoms. The van der Waals surface area contributed by atoms with Gasteiger partial charge in [0, 0.05) is 12.1 Å². The molecule has 0 spiro atoms. The van der Waals surface area contributed by atoms with Crippen molar-refractivity contribution >= 4 is 0 Å². The van der Waals surface area contributed by atoms with Gasteiger partial charge in [-0.05, 0) is 124 Å². The molecule has 0 N–H and O–H groups in total. The molecular weight excluding hydrogens is 609 g/mol. The molecule has 0 bridgehead atoms. The molecule has 2 aromatic carbocycles. The van der Waals surface area contributed by atoms with Crippen LogP contribution in [0.15, 0.2) is 30.3 Å². The molecule has 0 amide bonds. The molecule has 0 radical (unpaired) electrons. The van der Waals surface area contributed by atoms with E-state index in [0.717, 1.165) is 55.6 Å². The Balaban J connectivity index is 1.07. The number of benzene rings is 2. The Labute approximate surface area is 268 Å². The fraction of sp³-hybridized carbons (Fsp3) is 0.676. The average molecular weight is 657 g/mol. The standard InChI is InChI=1S/C37H47F7O2/c1-2-3-4-5-23-6-8-26(9-7-23)28-16-19-31(32(38)20-28)27-12-10-24(11-13-27)25-14-17-29(18-15-25)37(43,44)46-30-21-33(39)35(34(40)22-30)45-36(41)42/h16,19-27,29,36H,2-15,17-18H2,1H3. The SMILES string of the molecule is CCCCCC1CCC(c2ccc(C3CCC(C4CCC(C(F)(F)Oc5cc(F)c(OC(F)F)c(F)c5)CC4)CC3)c(F)c2)CC1. The zero-order valence-corrected chi connectivity index (χ0v) is 26.7. The number of hydrogen-bond donors (Lipinski definition) is 0. The first kappa shape index (κ1) is 34.9. The van der Waals surface area contributed by atoms with Gasteiger partial charge in [0.25, 0.3) is 0 Å². The summed E-state index contributed by atoms with van der Waals surface area (Å²) < 4.78 is 107. The number of hydrogen-bond acceptors (Lipinski definition) is 2. The molecule has 0 heterocycles. The lowest BCUT2D eigenvalue weighted by Crippen LogP contribution is -2.38. The van der Waals surface area contributed by atoms with Crippen molar-refractivity contribution < 1.29 is 40.2 Å². The van der Waals surface area contributed by atoms with E-state index in [2.05, 4.69) is 17.7 Å². The van der Waals surface area contributed by atoms with E-state index in [-0.39, 0.29) is 30.5 Å². The maximum atomic E-state index is 15.4. The fourth-order valence-corrected chi connectivity index (χ4v) is 8.46. The maximum absolute atomic E-state index is 15.4. The highest BCUT2D eigenvalue weighted by molar-refractivity contribution is 5.35. The molecule has 256 valence electrons. The smallest absolute Gasteiger partial charge is 0.400 e. The zero-order chi connectivity index (χ0) is 32.8. The first-order valence-corrected chi connectivity index (χ1v) is 17.3. The first-order chi connectivity index (χ1) is 22.0. The third-order valence-corrected chi connectivity index (χ3v) is 11.1. The van der Waals surface area contributed by atoms with E-state index in [9.17, 15) is 26.3 Å². The Hall–Kier alpha value is -2.45. The lowest BCUT2D eigenvalue weighted by Gasteiger charge is -2.39. The summed E-state index contributed by atoms with van der Waals surface area (Å²) in [6.07, 6.45) is 11.5. The molecule has 0 atom stereocenters. The van der Waals surface area contributed by atoms with E-state index < -0.39 is 41.8 Å². The van der Waals surface area contributed by atoms with E-state index in [1.165, 1.54) is 38.5 Å². The van der Waals surface area contributed by atoms with Crippen molar-refractivity contribution in [2.45, 2.75) is 134 Å². The average Bonchev–Trinajstić information content (AvgIpc) is 3.03. The van der Waals surface area contributed by atoms with Crippen LogP contribution in [0, 0.1) is 41.1 Å². The predicted octanol–water partition coefficient (Wildman–Crippen LogP) is 12.3. The highest BCUT2D eigenvalue weighted by atomic mass is 19.3. The van der Waals surface area contributed by atoms with Crippen molar-refractivity contribution in [1.29, 1.82) is 0 Å². The van der Waals surface area contributed by atoms with E-state index in [0.29, 0.717) is 36.8 Å². The van der Waals surface area contributed by atoms with Crippen LogP contribution in [0.25, 0.3) is 0 Å². The molecule has 0 aliphatic heterocycles. The summed E-state index contributed by atoms with van der Waals surface area (Å²) in [4.78, 5) is 0. The molecule has 2 nitrogen and oxygen atoms in total. The number of halogens is 7. The highest BCUT2D eigenvalue weighted by Crippen LogP contribution is 2.48. The van der Waals surface area contributed by atoms with Crippen molar-refractivity contribution in [1.82, 2.24) is 0 Å². The van der Waals surface area contributed by atoms with Gasteiger partial charge in [0.15, 0.2) is 17.4 Å². The van der Waals surface area contributed by atoms with Crippen molar-refractivity contribution in [2.24, 2.45) is 23.7 Å². The topological polar surface area (TPSA) is 18.5 Å². The molecule has 9 heteroatoms. The van der Waals surface area contributed by atoms with Crippen LogP contribution in [0.4, 0.5) is 30.7 Å². The number of ether oxygens (including phenoxy) is 2. The molecule has 3 aliphatic carbocycles. The summed E-state index contributed by atoms with van der Waals surface area (Å²) >= 11 is 0. The van der Waals surface area contributed by atoms with Crippen LogP contribution in [0.1, 0.15) is 133 Å². The summed E-state index contributed by atoms with van der Waals surface area (Å²) in [5, 5.41) is 0. The molecule has 3 saturated carbocycles. The lowest BCUT2D eigenvalue weighted by molar-refractivity contribution is -0.224. The van der Waals surface area contributed by atoms with E-state index in [4.69, 9.17) is 4.74 Å². The second-order valence-electron chi connectivity index (χ2n) is 14.0. The minimum Gasteiger partial charge on any atom is -0.432 e. The molecular formula is C37H47F7O2. The Morgan fingerprint density at radius 2 is 1.30 bits per heavy atom. The molecule has 2 aromatic rings. The van der Waals surface area contributed by atoms with Crippen molar-refractivity contribution in [3.05, 3.63) is 58.9 Å². The van der Waals surface area contributed by atoms with E-state index in [1.54, 1.807) is 6.07 Å². The van der Waals surface area contributed by atoms with Crippen molar-refractivity contribution in [3.8, 4) is 11.5 Å². The number of alkyl halides is 4. The van der Waals surface area contributed by atoms with Crippen molar-refractivity contribution in [3.63, 3.8) is 0 Å². The Morgan fingerprint density at radius 3 is 1.87 bits per heavy atom. The second kappa shape index (κ2) is 15.6. The van der Waals surface area contributed by atoms with Crippen LogP contribution in [-0.2, 0) is 0 Å². The summed E-state index contributed by atoms with van der Waals surface area (Å²) in [7, 11) is 0. The zero-order valence-electron chi connectivity index (χ0n) is 26.7. The summed E-state index contributed by atoms with van der Waals surface area (Å²) in [5.41, 5.74) is 1.94. The fourth-order valence-electron chi connectivity index (χ4n) is 8.46. The molecule has 0 unspecified atom stereocenters. The summed E-state index contributed by atoms with van der Waals surface area (Å²) in [5.74, 6) is -4.31. The van der Waals surface area contributed by atoms with Gasteiger partial charge in [0.05, 0.1) is 5.92 Å². The van der Waals surface area contributed by atoms with Gasteiger partial charge in [-0.3, -0.25) is 0 Å². The molecule has 3 aliphatic rings. The molecule has 0 aromatic heterocycles. The first-order valence-electron chi connectivity index (χ1n) is 17.3. The largest absolute Gasteiger partial charge is 0.432 e. The molecule has 0 saturated heterocycles. The van der Waals surface area contributed by atoms with Gasteiger partial charge < -0.3 is 9.47 Å². The minimum absolute atomic E-state index is 0.0929. The third kappa shape index (κ3) is 8.71. The van der Waals surface area contributed by atoms with Crippen LogP contribution in [0.2, 0.25) is 0 Å². The lowest BCUT2D eigenvalue weighted by atomic mass is 9.68. The Bertz CT molecular complexity index is 1240.